The van der Waals surface area contributed by atoms with Gasteiger partial charge >= 0.3 is 6.18 Å². The Kier molecular flexibility index (Phi) is 5.82. The van der Waals surface area contributed by atoms with E-state index in [4.69, 9.17) is 0 Å². The zero-order chi connectivity index (χ0) is 16.2. The van der Waals surface area contributed by atoms with Crippen LogP contribution in [0.5, 0.6) is 0 Å². The molecule has 2 heterocycles. The first-order valence-electron chi connectivity index (χ1n) is 7.18. The number of hydrogen-bond donors (Lipinski definition) is 1. The fourth-order valence-corrected chi connectivity index (χ4v) is 3.18. The molecule has 1 unspecified atom stereocenters. The summed E-state index contributed by atoms with van der Waals surface area (Å²) in [6.07, 6.45) is -4.37. The third-order valence-corrected chi connectivity index (χ3v) is 4.62. The summed E-state index contributed by atoms with van der Waals surface area (Å²) >= 11 is 1.71. The number of halogens is 3. The van der Waals surface area contributed by atoms with Gasteiger partial charge in [-0.1, -0.05) is 6.07 Å². The number of amides is 1. The molecular formula is C14H20F3N3OS. The molecule has 1 aliphatic rings. The van der Waals surface area contributed by atoms with E-state index < -0.39 is 24.7 Å². The average Bonchev–Trinajstić information content (AvgIpc) is 2.97. The van der Waals surface area contributed by atoms with Gasteiger partial charge in [0.1, 0.15) is 6.54 Å². The van der Waals surface area contributed by atoms with Crippen LogP contribution < -0.4 is 5.32 Å². The highest BCUT2D eigenvalue weighted by Crippen LogP contribution is 2.15. The summed E-state index contributed by atoms with van der Waals surface area (Å²) in [5.41, 5.74) is 0. The van der Waals surface area contributed by atoms with Gasteiger partial charge in [-0.2, -0.15) is 13.2 Å². The molecule has 8 heteroatoms. The molecule has 2 rings (SSSR count). The van der Waals surface area contributed by atoms with Crippen LogP contribution in [0.25, 0.3) is 0 Å². The molecule has 4 nitrogen and oxygen atoms in total. The largest absolute Gasteiger partial charge is 0.405 e. The number of rotatable bonds is 5. The van der Waals surface area contributed by atoms with Crippen LogP contribution >= 0.6 is 11.3 Å². The van der Waals surface area contributed by atoms with Gasteiger partial charge in [-0.25, -0.2) is 0 Å². The Balaban J connectivity index is 1.74. The van der Waals surface area contributed by atoms with Gasteiger partial charge in [-0.3, -0.25) is 14.6 Å². The summed E-state index contributed by atoms with van der Waals surface area (Å²) in [5, 5.41) is 3.99. The third-order valence-electron chi connectivity index (χ3n) is 3.76. The first-order valence-corrected chi connectivity index (χ1v) is 8.06. The molecule has 0 saturated carbocycles. The summed E-state index contributed by atoms with van der Waals surface area (Å²) in [5.74, 6) is -0.566. The first-order chi connectivity index (χ1) is 10.3. The van der Waals surface area contributed by atoms with Crippen LogP contribution in [0.3, 0.4) is 0 Å². The van der Waals surface area contributed by atoms with Crippen molar-refractivity contribution in [2.45, 2.75) is 25.7 Å². The number of nitrogens with one attached hydrogen (secondary N) is 1. The fraction of sp³-hybridized carbons (Fsp3) is 0.643. The smallest absolute Gasteiger partial charge is 0.346 e. The van der Waals surface area contributed by atoms with Gasteiger partial charge in [-0.15, -0.1) is 11.3 Å². The van der Waals surface area contributed by atoms with E-state index in [2.05, 4.69) is 11.0 Å². The van der Waals surface area contributed by atoms with E-state index >= 15 is 0 Å². The zero-order valence-corrected chi connectivity index (χ0v) is 13.2. The first kappa shape index (κ1) is 17.2. The van der Waals surface area contributed by atoms with E-state index in [9.17, 15) is 18.0 Å². The van der Waals surface area contributed by atoms with Gasteiger partial charge in [0.15, 0.2) is 0 Å². The van der Waals surface area contributed by atoms with Crippen LogP contribution in [-0.2, 0) is 11.3 Å². The van der Waals surface area contributed by atoms with Crippen LogP contribution in [0.15, 0.2) is 17.5 Å². The van der Waals surface area contributed by atoms with Crippen molar-refractivity contribution >= 4 is 17.2 Å². The van der Waals surface area contributed by atoms with Crippen molar-refractivity contribution in [3.05, 3.63) is 22.4 Å². The zero-order valence-electron chi connectivity index (χ0n) is 12.4. The van der Waals surface area contributed by atoms with E-state index in [0.29, 0.717) is 13.1 Å². The molecule has 1 amide bonds. The quantitative estimate of drug-likeness (QED) is 0.893. The molecule has 1 atom stereocenters. The van der Waals surface area contributed by atoms with Crippen LogP contribution in [-0.4, -0.2) is 60.6 Å². The minimum absolute atomic E-state index is 0.536. The highest BCUT2D eigenvalue weighted by atomic mass is 32.1. The highest BCUT2D eigenvalue weighted by Gasteiger charge is 2.31. The molecule has 0 aromatic carbocycles. The van der Waals surface area contributed by atoms with Gasteiger partial charge in [0, 0.05) is 37.6 Å². The minimum Gasteiger partial charge on any atom is -0.346 e. The van der Waals surface area contributed by atoms with Gasteiger partial charge in [0.25, 0.3) is 0 Å². The molecule has 1 aromatic rings. The Morgan fingerprint density at radius 1 is 1.36 bits per heavy atom. The molecule has 1 aromatic heterocycles. The number of carbonyl (C=O) groups is 1. The highest BCUT2D eigenvalue weighted by molar-refractivity contribution is 7.09. The van der Waals surface area contributed by atoms with Crippen molar-refractivity contribution in [1.82, 2.24) is 15.1 Å². The van der Waals surface area contributed by atoms with E-state index in [1.54, 1.807) is 18.3 Å². The van der Waals surface area contributed by atoms with E-state index in [-0.39, 0.29) is 0 Å². The summed E-state index contributed by atoms with van der Waals surface area (Å²) in [6.45, 7) is 4.27. The molecule has 124 valence electrons. The summed E-state index contributed by atoms with van der Waals surface area (Å²) < 4.78 is 36.4. The summed E-state index contributed by atoms with van der Waals surface area (Å²) in [4.78, 5) is 17.3. The Hall–Kier alpha value is -1.12. The predicted octanol–water partition coefficient (Wildman–Crippen LogP) is 1.93. The van der Waals surface area contributed by atoms with Crippen LogP contribution in [0.2, 0.25) is 0 Å². The van der Waals surface area contributed by atoms with E-state index in [1.807, 2.05) is 21.7 Å². The van der Waals surface area contributed by atoms with Crippen molar-refractivity contribution < 1.29 is 18.0 Å². The number of hydrogen-bond acceptors (Lipinski definition) is 4. The second kappa shape index (κ2) is 7.43. The van der Waals surface area contributed by atoms with Crippen LogP contribution in [0.1, 0.15) is 11.8 Å². The molecular weight excluding hydrogens is 315 g/mol. The van der Waals surface area contributed by atoms with Crippen molar-refractivity contribution in [3.8, 4) is 0 Å². The molecule has 1 aliphatic heterocycles. The van der Waals surface area contributed by atoms with Gasteiger partial charge in [0.05, 0.1) is 6.04 Å². The van der Waals surface area contributed by atoms with Gasteiger partial charge < -0.3 is 5.32 Å². The van der Waals surface area contributed by atoms with Gasteiger partial charge in [-0.05, 0) is 18.4 Å². The molecule has 1 saturated heterocycles. The maximum absolute atomic E-state index is 12.1. The lowest BCUT2D eigenvalue weighted by atomic mass is 10.2. The number of piperazine rings is 1. The van der Waals surface area contributed by atoms with Crippen molar-refractivity contribution in [1.29, 1.82) is 0 Å². The topological polar surface area (TPSA) is 35.6 Å². The molecule has 0 aliphatic carbocycles. The molecule has 0 spiro atoms. The summed E-state index contributed by atoms with van der Waals surface area (Å²) in [7, 11) is 0. The second-order valence-electron chi connectivity index (χ2n) is 5.40. The number of carbonyl (C=O) groups excluding carboxylic acids is 1. The second-order valence-corrected chi connectivity index (χ2v) is 6.43. The Morgan fingerprint density at radius 2 is 2.05 bits per heavy atom. The monoisotopic (exact) mass is 335 g/mol. The maximum atomic E-state index is 12.1. The van der Waals surface area contributed by atoms with Crippen molar-refractivity contribution in [2.75, 3.05) is 32.7 Å². The fourth-order valence-electron chi connectivity index (χ4n) is 2.43. The van der Waals surface area contributed by atoms with Crippen molar-refractivity contribution in [2.24, 2.45) is 0 Å². The third kappa shape index (κ3) is 5.26. The van der Waals surface area contributed by atoms with E-state index in [0.717, 1.165) is 19.6 Å². The molecule has 22 heavy (non-hydrogen) atoms. The van der Waals surface area contributed by atoms with Gasteiger partial charge in [0.2, 0.25) is 5.91 Å². The lowest BCUT2D eigenvalue weighted by molar-refractivity contribution is -0.141. The standard InChI is InChI=1S/C14H20F3N3OS/c1-11(13(21)18-10-14(15,16)17)20-6-4-19(5-7-20)9-12-3-2-8-22-12/h2-3,8,11H,4-7,9-10H2,1H3,(H,18,21). The molecule has 0 bridgehead atoms. The maximum Gasteiger partial charge on any atom is 0.405 e. The number of thiophene rings is 1. The summed E-state index contributed by atoms with van der Waals surface area (Å²) in [6, 6.07) is 3.57. The predicted molar refractivity (Wildman–Crippen MR) is 79.7 cm³/mol. The SMILES string of the molecule is CC(C(=O)NCC(F)(F)F)N1CCN(Cc2cccs2)CC1. The normalized spacial score (nSPS) is 19.1. The Bertz CT molecular complexity index is 470. The number of alkyl halides is 3. The average molecular weight is 335 g/mol. The minimum atomic E-state index is -4.37. The number of nitrogens with zero attached hydrogens (tertiary/aromatic N) is 2. The lowest BCUT2D eigenvalue weighted by Crippen LogP contribution is -2.54. The molecule has 1 fully saturated rings. The van der Waals surface area contributed by atoms with Crippen LogP contribution in [0, 0.1) is 0 Å². The van der Waals surface area contributed by atoms with E-state index in [1.165, 1.54) is 4.88 Å². The van der Waals surface area contributed by atoms with Crippen LogP contribution in [0.4, 0.5) is 13.2 Å². The van der Waals surface area contributed by atoms with Crippen molar-refractivity contribution in [3.63, 3.8) is 0 Å². The molecule has 1 N–H and O–H groups in total. The lowest BCUT2D eigenvalue weighted by Gasteiger charge is -2.37. The Labute approximate surface area is 131 Å². The Morgan fingerprint density at radius 3 is 2.59 bits per heavy atom. The molecule has 0 radical (unpaired) electrons.